The highest BCUT2D eigenvalue weighted by molar-refractivity contribution is 9.10. The summed E-state index contributed by atoms with van der Waals surface area (Å²) >= 11 is 3.41. The maximum absolute atomic E-state index is 14.7. The van der Waals surface area contributed by atoms with E-state index in [9.17, 15) is 18.8 Å². The Hall–Kier alpha value is -3.87. The number of nitrogens with zero attached hydrogens (tertiary/aromatic N) is 3. The summed E-state index contributed by atoms with van der Waals surface area (Å²) in [6.45, 7) is 5.92. The molecule has 4 N–H and O–H groups in total. The first-order valence-corrected chi connectivity index (χ1v) is 14.6. The molecule has 0 spiro atoms. The van der Waals surface area contributed by atoms with Crippen LogP contribution < -0.4 is 16.0 Å². The van der Waals surface area contributed by atoms with Crippen molar-refractivity contribution >= 4 is 39.5 Å². The van der Waals surface area contributed by atoms with Crippen LogP contribution in [0, 0.1) is 17.7 Å². The van der Waals surface area contributed by atoms with Crippen molar-refractivity contribution in [1.82, 2.24) is 31.3 Å². The van der Waals surface area contributed by atoms with Crippen molar-refractivity contribution in [1.29, 1.82) is 0 Å². The van der Waals surface area contributed by atoms with Crippen LogP contribution in [0.4, 0.5) is 14.9 Å². The van der Waals surface area contributed by atoms with Gasteiger partial charge in [0.2, 0.25) is 17.6 Å². The molecule has 1 aliphatic rings. The Kier molecular flexibility index (Phi) is 10.3. The van der Waals surface area contributed by atoms with E-state index < -0.39 is 29.5 Å². The predicted octanol–water partition coefficient (Wildman–Crippen LogP) is 4.77. The highest BCUT2D eigenvalue weighted by Crippen LogP contribution is 2.29. The quantitative estimate of drug-likeness (QED) is 0.262. The Labute approximate surface area is 251 Å². The van der Waals surface area contributed by atoms with E-state index in [0.29, 0.717) is 19.4 Å². The zero-order valence-electron chi connectivity index (χ0n) is 23.7. The van der Waals surface area contributed by atoms with Crippen molar-refractivity contribution in [3.05, 3.63) is 58.3 Å². The Balaban J connectivity index is 1.37. The summed E-state index contributed by atoms with van der Waals surface area (Å²) in [5, 5.41) is 21.8. The van der Waals surface area contributed by atoms with Crippen LogP contribution in [0.1, 0.15) is 52.0 Å². The largest absolute Gasteiger partial charge is 0.444 e. The smallest absolute Gasteiger partial charge is 0.407 e. The number of aromatic amines is 1. The van der Waals surface area contributed by atoms with Gasteiger partial charge < -0.3 is 20.7 Å². The molecular weight excluding hydrogens is 609 g/mol. The first kappa shape index (κ1) is 31.1. The average Bonchev–Trinajstić information content (AvgIpc) is 3.47. The van der Waals surface area contributed by atoms with Gasteiger partial charge in [0.1, 0.15) is 17.5 Å². The topological polar surface area (TPSA) is 151 Å². The molecule has 13 heteroatoms. The van der Waals surface area contributed by atoms with Crippen molar-refractivity contribution in [2.24, 2.45) is 11.8 Å². The zero-order valence-corrected chi connectivity index (χ0v) is 25.3. The van der Waals surface area contributed by atoms with Gasteiger partial charge in [-0.15, -0.1) is 10.2 Å². The number of benzene rings is 2. The van der Waals surface area contributed by atoms with Crippen molar-refractivity contribution in [3.63, 3.8) is 0 Å². The molecule has 1 aliphatic carbocycles. The second kappa shape index (κ2) is 13.9. The predicted molar refractivity (Wildman–Crippen MR) is 158 cm³/mol. The fraction of sp³-hybridized carbons (Fsp3) is 0.448. The number of tetrazole rings is 1. The lowest BCUT2D eigenvalue weighted by Gasteiger charge is -2.29. The van der Waals surface area contributed by atoms with Crippen LogP contribution in [0.25, 0.3) is 11.4 Å². The number of carbonyl (C=O) groups is 3. The van der Waals surface area contributed by atoms with Crippen LogP contribution in [0.5, 0.6) is 0 Å². The number of ether oxygens (including phenoxy) is 1. The van der Waals surface area contributed by atoms with Gasteiger partial charge in [0.15, 0.2) is 0 Å². The number of hydrogen-bond acceptors (Lipinski definition) is 7. The number of rotatable bonds is 9. The monoisotopic (exact) mass is 643 g/mol. The zero-order chi connectivity index (χ0) is 30.3. The van der Waals surface area contributed by atoms with Gasteiger partial charge in [0.25, 0.3) is 0 Å². The minimum absolute atomic E-state index is 0.0982. The molecular formula is C29H35BrFN7O4. The molecule has 0 radical (unpaired) electrons. The molecule has 3 aromatic rings. The average molecular weight is 645 g/mol. The molecule has 1 heterocycles. The normalized spacial score (nSPS) is 17.6. The fourth-order valence-corrected chi connectivity index (χ4v) is 5.07. The molecule has 1 atom stereocenters. The van der Waals surface area contributed by atoms with Crippen LogP contribution in [-0.2, 0) is 20.7 Å². The van der Waals surface area contributed by atoms with Crippen molar-refractivity contribution in [2.75, 3.05) is 11.9 Å². The Bertz CT molecular complexity index is 1370. The lowest BCUT2D eigenvalue weighted by atomic mass is 9.81. The highest BCUT2D eigenvalue weighted by atomic mass is 79.9. The van der Waals surface area contributed by atoms with Gasteiger partial charge in [-0.3, -0.25) is 9.59 Å². The maximum atomic E-state index is 14.7. The number of anilines is 1. The van der Waals surface area contributed by atoms with Gasteiger partial charge in [-0.25, -0.2) is 9.18 Å². The van der Waals surface area contributed by atoms with E-state index in [2.05, 4.69) is 52.5 Å². The Morgan fingerprint density at radius 2 is 1.81 bits per heavy atom. The Morgan fingerprint density at radius 1 is 1.10 bits per heavy atom. The maximum Gasteiger partial charge on any atom is 0.407 e. The highest BCUT2D eigenvalue weighted by Gasteiger charge is 2.30. The van der Waals surface area contributed by atoms with Gasteiger partial charge in [-0.1, -0.05) is 28.1 Å². The molecule has 0 unspecified atom stereocenters. The molecule has 224 valence electrons. The summed E-state index contributed by atoms with van der Waals surface area (Å²) in [6, 6.07) is 10.8. The fourth-order valence-electron chi connectivity index (χ4n) is 4.81. The van der Waals surface area contributed by atoms with E-state index in [-0.39, 0.29) is 41.2 Å². The molecule has 0 aliphatic heterocycles. The lowest BCUT2D eigenvalue weighted by Crippen LogP contribution is -2.48. The number of alkyl carbamates (subject to hydrolysis) is 1. The first-order valence-electron chi connectivity index (χ1n) is 13.8. The molecule has 42 heavy (non-hydrogen) atoms. The minimum Gasteiger partial charge on any atom is -0.444 e. The molecule has 2 aromatic carbocycles. The first-order chi connectivity index (χ1) is 20.0. The molecule has 1 saturated carbocycles. The number of amides is 3. The number of nitrogens with one attached hydrogen (secondary N) is 4. The summed E-state index contributed by atoms with van der Waals surface area (Å²) in [5.74, 6) is -1.21. The third-order valence-electron chi connectivity index (χ3n) is 6.96. The summed E-state index contributed by atoms with van der Waals surface area (Å²) in [6.07, 6.45) is 2.62. The van der Waals surface area contributed by atoms with E-state index in [4.69, 9.17) is 4.74 Å². The molecule has 3 amide bonds. The summed E-state index contributed by atoms with van der Waals surface area (Å²) in [7, 11) is 0. The summed E-state index contributed by atoms with van der Waals surface area (Å²) in [5.41, 5.74) is 0.663. The number of hydrogen-bond donors (Lipinski definition) is 4. The second-order valence-electron chi connectivity index (χ2n) is 11.4. The van der Waals surface area contributed by atoms with Crippen LogP contribution in [-0.4, -0.2) is 56.7 Å². The van der Waals surface area contributed by atoms with Crippen molar-refractivity contribution < 1.29 is 23.5 Å². The van der Waals surface area contributed by atoms with E-state index >= 15 is 0 Å². The van der Waals surface area contributed by atoms with Crippen LogP contribution in [0.2, 0.25) is 0 Å². The number of carbonyl (C=O) groups excluding carboxylic acids is 3. The van der Waals surface area contributed by atoms with E-state index in [1.54, 1.807) is 0 Å². The minimum atomic E-state index is -0.884. The van der Waals surface area contributed by atoms with Crippen molar-refractivity contribution in [3.8, 4) is 11.4 Å². The molecule has 0 bridgehead atoms. The van der Waals surface area contributed by atoms with Crippen LogP contribution in [0.3, 0.4) is 0 Å². The lowest BCUT2D eigenvalue weighted by molar-refractivity contribution is -0.130. The SMILES string of the molecule is CC(C)(C)OC(=O)NC[C@H]1CC[C@H](C(=O)N[C@@H](Cc2ccc(Br)cc2)C(=O)Nc2ccc(-c3nn[nH]n3)c(F)c2)CC1. The standard InChI is InChI=1S/C29H35BrFN7O4/c1-29(2,3)42-28(41)32-16-18-4-8-19(9-5-18)26(39)34-24(14-17-6-10-20(30)11-7-17)27(40)33-21-12-13-22(23(31)15-21)25-35-37-38-36-25/h6-7,10-13,15,18-19,24H,4-5,8-9,14,16H2,1-3H3,(H,32,41)(H,33,40)(H,34,39)(H,35,36,37,38)/t18-,19-,24-/m0/s1. The summed E-state index contributed by atoms with van der Waals surface area (Å²) in [4.78, 5) is 38.7. The molecule has 4 rings (SSSR count). The van der Waals surface area contributed by atoms with E-state index in [1.807, 2.05) is 45.0 Å². The van der Waals surface area contributed by atoms with Gasteiger partial charge in [-0.05, 0) is 93.5 Å². The third-order valence-corrected chi connectivity index (χ3v) is 7.49. The van der Waals surface area contributed by atoms with Crippen LogP contribution in [0.15, 0.2) is 46.9 Å². The van der Waals surface area contributed by atoms with Gasteiger partial charge in [0.05, 0.1) is 5.56 Å². The van der Waals surface area contributed by atoms with Gasteiger partial charge >= 0.3 is 6.09 Å². The molecule has 0 saturated heterocycles. The second-order valence-corrected chi connectivity index (χ2v) is 12.3. The number of aromatic nitrogens is 4. The molecule has 11 nitrogen and oxygen atoms in total. The Morgan fingerprint density at radius 3 is 2.43 bits per heavy atom. The summed E-state index contributed by atoms with van der Waals surface area (Å²) < 4.78 is 20.9. The molecule has 1 fully saturated rings. The van der Waals surface area contributed by atoms with E-state index in [0.717, 1.165) is 22.9 Å². The number of H-pyrrole nitrogens is 1. The van der Waals surface area contributed by atoms with Crippen LogP contribution >= 0.6 is 15.9 Å². The van der Waals surface area contributed by atoms with E-state index in [1.165, 1.54) is 18.2 Å². The third kappa shape index (κ3) is 9.07. The number of halogens is 2. The van der Waals surface area contributed by atoms with Crippen molar-refractivity contribution in [2.45, 2.75) is 64.5 Å². The van der Waals surface area contributed by atoms with Gasteiger partial charge in [0, 0.05) is 29.0 Å². The van der Waals surface area contributed by atoms with Gasteiger partial charge in [-0.2, -0.15) is 5.21 Å². The molecule has 1 aromatic heterocycles.